The van der Waals surface area contributed by atoms with Gasteiger partial charge in [-0.05, 0) is 20.9 Å². The predicted molar refractivity (Wildman–Crippen MR) is 52.5 cm³/mol. The van der Waals surface area contributed by atoms with Gasteiger partial charge in [0.15, 0.2) is 5.78 Å². The van der Waals surface area contributed by atoms with E-state index in [1.807, 2.05) is 0 Å². The summed E-state index contributed by atoms with van der Waals surface area (Å²) in [4.78, 5) is 11.4. The third-order valence-corrected chi connectivity index (χ3v) is 2.97. The molecule has 0 fully saturated rings. The van der Waals surface area contributed by atoms with Crippen LogP contribution in [0.25, 0.3) is 0 Å². The Kier molecular flexibility index (Phi) is 4.06. The van der Waals surface area contributed by atoms with Gasteiger partial charge in [0.2, 0.25) is 0 Å². The van der Waals surface area contributed by atoms with Crippen molar-refractivity contribution in [1.29, 1.82) is 0 Å². The highest BCUT2D eigenvalue weighted by molar-refractivity contribution is 7.90. The third kappa shape index (κ3) is 5.00. The summed E-state index contributed by atoms with van der Waals surface area (Å²) in [5.41, 5.74) is -0.634. The van der Waals surface area contributed by atoms with Crippen molar-refractivity contribution in [3.05, 3.63) is 0 Å². The Morgan fingerprint density at radius 1 is 1.38 bits per heavy atom. The Morgan fingerprint density at radius 3 is 2.15 bits per heavy atom. The maximum Gasteiger partial charge on any atom is 0.153 e. The summed E-state index contributed by atoms with van der Waals surface area (Å²) in [6.07, 6.45) is 1.21. The maximum absolute atomic E-state index is 11.4. The number of ketones is 1. The Labute approximate surface area is 79.6 Å². The molecule has 0 radical (unpaired) electrons. The lowest BCUT2D eigenvalue weighted by Crippen LogP contribution is -2.45. The molecular formula is C8H17NO3S. The summed E-state index contributed by atoms with van der Waals surface area (Å²) >= 11 is 0. The lowest BCUT2D eigenvalue weighted by atomic mass is 9.98. The summed E-state index contributed by atoms with van der Waals surface area (Å²) in [5, 5.41) is 2.83. The first kappa shape index (κ1) is 12.6. The van der Waals surface area contributed by atoms with Crippen molar-refractivity contribution in [2.45, 2.75) is 25.8 Å². The van der Waals surface area contributed by atoms with Crippen LogP contribution in [0, 0.1) is 0 Å². The molecule has 0 aliphatic rings. The molecule has 0 aliphatic heterocycles. The van der Waals surface area contributed by atoms with Crippen LogP contribution in [0.15, 0.2) is 0 Å². The number of carbonyl (C=O) groups excluding carboxylic acids is 1. The summed E-state index contributed by atoms with van der Waals surface area (Å²) in [5.74, 6) is -0.155. The van der Waals surface area contributed by atoms with E-state index < -0.39 is 15.4 Å². The maximum atomic E-state index is 11.4. The quantitative estimate of drug-likeness (QED) is 0.688. The first-order valence-electron chi connectivity index (χ1n) is 4.09. The lowest BCUT2D eigenvalue weighted by molar-refractivity contribution is -0.123. The molecule has 0 aromatic heterocycles. The molecule has 1 N–H and O–H groups in total. The normalized spacial score (nSPS) is 12.9. The zero-order valence-electron chi connectivity index (χ0n) is 8.55. The molecule has 0 heterocycles. The van der Waals surface area contributed by atoms with Crippen molar-refractivity contribution in [3.63, 3.8) is 0 Å². The van der Waals surface area contributed by atoms with Crippen molar-refractivity contribution < 1.29 is 13.2 Å². The minimum absolute atomic E-state index is 0.0725. The highest BCUT2D eigenvalue weighted by Crippen LogP contribution is 2.06. The molecule has 0 saturated carbocycles. The van der Waals surface area contributed by atoms with E-state index in [1.165, 1.54) is 0 Å². The van der Waals surface area contributed by atoms with Gasteiger partial charge >= 0.3 is 0 Å². The zero-order chi connectivity index (χ0) is 10.7. The van der Waals surface area contributed by atoms with E-state index in [1.54, 1.807) is 20.9 Å². The van der Waals surface area contributed by atoms with Crippen LogP contribution in [-0.4, -0.2) is 38.8 Å². The fourth-order valence-electron chi connectivity index (χ4n) is 0.730. The molecule has 78 valence electrons. The van der Waals surface area contributed by atoms with E-state index in [4.69, 9.17) is 0 Å². The molecule has 0 rings (SSSR count). The standard InChI is InChI=1S/C8H17NO3S/c1-8(2,9-3)7(10)5-6-13(4,11)12/h9H,5-6H2,1-4H3. The minimum Gasteiger partial charge on any atom is -0.308 e. The Bertz CT molecular complexity index is 280. The van der Waals surface area contributed by atoms with Gasteiger partial charge in [0.25, 0.3) is 0 Å². The summed E-state index contributed by atoms with van der Waals surface area (Å²) < 4.78 is 21.6. The van der Waals surface area contributed by atoms with Gasteiger partial charge in [0, 0.05) is 12.7 Å². The van der Waals surface area contributed by atoms with E-state index in [2.05, 4.69) is 5.32 Å². The van der Waals surface area contributed by atoms with E-state index in [0.29, 0.717) is 0 Å². The van der Waals surface area contributed by atoms with Crippen LogP contribution in [0.3, 0.4) is 0 Å². The van der Waals surface area contributed by atoms with Gasteiger partial charge in [0.1, 0.15) is 9.84 Å². The summed E-state index contributed by atoms with van der Waals surface area (Å²) in [6, 6.07) is 0. The highest BCUT2D eigenvalue weighted by Gasteiger charge is 2.25. The number of hydrogen-bond acceptors (Lipinski definition) is 4. The number of likely N-dealkylation sites (N-methyl/N-ethyl adjacent to an activating group) is 1. The van der Waals surface area contributed by atoms with Crippen LogP contribution >= 0.6 is 0 Å². The topological polar surface area (TPSA) is 63.2 Å². The molecule has 0 aromatic rings. The molecule has 0 amide bonds. The molecule has 0 spiro atoms. The molecule has 0 unspecified atom stereocenters. The fraction of sp³-hybridized carbons (Fsp3) is 0.875. The number of carbonyl (C=O) groups is 1. The molecule has 0 saturated heterocycles. The molecule has 0 bridgehead atoms. The van der Waals surface area contributed by atoms with E-state index in [0.717, 1.165) is 6.26 Å². The van der Waals surface area contributed by atoms with Gasteiger partial charge in [0.05, 0.1) is 11.3 Å². The second kappa shape index (κ2) is 4.19. The smallest absolute Gasteiger partial charge is 0.153 e. The molecule has 0 aromatic carbocycles. The van der Waals surface area contributed by atoms with Crippen LogP contribution in [0.2, 0.25) is 0 Å². The monoisotopic (exact) mass is 207 g/mol. The second-order valence-corrected chi connectivity index (χ2v) is 5.94. The lowest BCUT2D eigenvalue weighted by Gasteiger charge is -2.21. The third-order valence-electron chi connectivity index (χ3n) is 2.02. The van der Waals surface area contributed by atoms with Gasteiger partial charge in [-0.2, -0.15) is 0 Å². The molecule has 5 heteroatoms. The van der Waals surface area contributed by atoms with Crippen molar-refractivity contribution in [2.24, 2.45) is 0 Å². The van der Waals surface area contributed by atoms with Crippen molar-refractivity contribution >= 4 is 15.6 Å². The van der Waals surface area contributed by atoms with Crippen molar-refractivity contribution in [3.8, 4) is 0 Å². The first-order valence-corrected chi connectivity index (χ1v) is 6.15. The van der Waals surface area contributed by atoms with Crippen molar-refractivity contribution in [2.75, 3.05) is 19.1 Å². The van der Waals surface area contributed by atoms with Gasteiger partial charge in [-0.1, -0.05) is 0 Å². The molecule has 13 heavy (non-hydrogen) atoms. The van der Waals surface area contributed by atoms with Gasteiger partial charge in [-0.15, -0.1) is 0 Å². The average molecular weight is 207 g/mol. The van der Waals surface area contributed by atoms with Crippen molar-refractivity contribution in [1.82, 2.24) is 5.32 Å². The predicted octanol–water partition coefficient (Wildman–Crippen LogP) is -0.0118. The Morgan fingerprint density at radius 2 is 1.85 bits per heavy atom. The van der Waals surface area contributed by atoms with Crippen LogP contribution in [0.1, 0.15) is 20.3 Å². The molecular weight excluding hydrogens is 190 g/mol. The second-order valence-electron chi connectivity index (χ2n) is 3.68. The summed E-state index contributed by atoms with van der Waals surface area (Å²) in [7, 11) is -1.36. The SMILES string of the molecule is CNC(C)(C)C(=O)CCS(C)(=O)=O. The van der Waals surface area contributed by atoms with Crippen LogP contribution in [-0.2, 0) is 14.6 Å². The van der Waals surface area contributed by atoms with Gasteiger partial charge < -0.3 is 5.32 Å². The molecule has 4 nitrogen and oxygen atoms in total. The number of Topliss-reactive ketones (excluding diaryl/α,β-unsaturated/α-hetero) is 1. The van der Waals surface area contributed by atoms with E-state index in [-0.39, 0.29) is 18.0 Å². The first-order chi connectivity index (χ1) is 5.69. The number of sulfone groups is 1. The number of rotatable bonds is 5. The van der Waals surface area contributed by atoms with Crippen LogP contribution in [0.5, 0.6) is 0 Å². The zero-order valence-corrected chi connectivity index (χ0v) is 9.36. The molecule has 0 aliphatic carbocycles. The van der Waals surface area contributed by atoms with Gasteiger partial charge in [-0.25, -0.2) is 8.42 Å². The largest absolute Gasteiger partial charge is 0.308 e. The van der Waals surface area contributed by atoms with E-state index in [9.17, 15) is 13.2 Å². The number of hydrogen-bond donors (Lipinski definition) is 1. The highest BCUT2D eigenvalue weighted by atomic mass is 32.2. The molecule has 0 atom stereocenters. The Hall–Kier alpha value is -0.420. The van der Waals surface area contributed by atoms with E-state index >= 15 is 0 Å². The minimum atomic E-state index is -3.04. The van der Waals surface area contributed by atoms with Crippen LogP contribution < -0.4 is 5.32 Å². The Balaban J connectivity index is 4.19. The average Bonchev–Trinajstić information content (AvgIpc) is 1.98. The summed E-state index contributed by atoms with van der Waals surface area (Å²) in [6.45, 7) is 3.47. The number of nitrogens with one attached hydrogen (secondary N) is 1. The van der Waals surface area contributed by atoms with Gasteiger partial charge in [-0.3, -0.25) is 4.79 Å². The fourth-order valence-corrected chi connectivity index (χ4v) is 1.29. The van der Waals surface area contributed by atoms with Crippen LogP contribution in [0.4, 0.5) is 0 Å².